The fourth-order valence-corrected chi connectivity index (χ4v) is 4.22. The SMILES string of the molecule is CNCCS(=O)(=O)Nc1c(Br)cc(C)cc1Br. The highest BCUT2D eigenvalue weighted by Gasteiger charge is 2.14. The van der Waals surface area contributed by atoms with Gasteiger partial charge in [-0.3, -0.25) is 4.72 Å². The number of hydrogen-bond acceptors (Lipinski definition) is 3. The fourth-order valence-electron chi connectivity index (χ4n) is 1.24. The molecule has 0 saturated heterocycles. The molecule has 0 unspecified atom stereocenters. The third kappa shape index (κ3) is 4.57. The van der Waals surface area contributed by atoms with Crippen LogP contribution in [0.4, 0.5) is 5.69 Å². The molecule has 1 aromatic rings. The van der Waals surface area contributed by atoms with Crippen molar-refractivity contribution in [3.63, 3.8) is 0 Å². The van der Waals surface area contributed by atoms with Crippen molar-refractivity contribution in [1.82, 2.24) is 5.32 Å². The standard InChI is InChI=1S/C10H14Br2N2O2S/c1-7-5-8(11)10(9(12)6-7)14-17(15,16)4-3-13-2/h5-6,13-14H,3-4H2,1-2H3. The molecule has 0 atom stereocenters. The second kappa shape index (κ2) is 6.17. The molecule has 0 radical (unpaired) electrons. The Hall–Kier alpha value is -0.110. The van der Waals surface area contributed by atoms with E-state index in [9.17, 15) is 8.42 Å². The van der Waals surface area contributed by atoms with Gasteiger partial charge in [0.05, 0.1) is 11.4 Å². The molecule has 2 N–H and O–H groups in total. The number of sulfonamides is 1. The summed E-state index contributed by atoms with van der Waals surface area (Å²) in [7, 11) is -1.61. The first-order valence-corrected chi connectivity index (χ1v) is 8.20. The van der Waals surface area contributed by atoms with Crippen LogP contribution in [0.15, 0.2) is 21.1 Å². The first kappa shape index (κ1) is 14.9. The van der Waals surface area contributed by atoms with Gasteiger partial charge in [-0.2, -0.15) is 0 Å². The smallest absolute Gasteiger partial charge is 0.234 e. The zero-order valence-electron chi connectivity index (χ0n) is 9.55. The molecule has 4 nitrogen and oxygen atoms in total. The van der Waals surface area contributed by atoms with Gasteiger partial charge in [0.25, 0.3) is 0 Å². The maximum atomic E-state index is 11.8. The molecule has 0 spiro atoms. The van der Waals surface area contributed by atoms with Crippen LogP contribution < -0.4 is 10.0 Å². The van der Waals surface area contributed by atoms with Gasteiger partial charge in [-0.15, -0.1) is 0 Å². The van der Waals surface area contributed by atoms with Crippen molar-refractivity contribution in [1.29, 1.82) is 0 Å². The van der Waals surface area contributed by atoms with Gasteiger partial charge in [0, 0.05) is 15.5 Å². The van der Waals surface area contributed by atoms with Crippen molar-refractivity contribution in [2.75, 3.05) is 24.1 Å². The first-order valence-electron chi connectivity index (χ1n) is 4.96. The summed E-state index contributed by atoms with van der Waals surface area (Å²) in [6.07, 6.45) is 0. The van der Waals surface area contributed by atoms with Gasteiger partial charge in [0.1, 0.15) is 0 Å². The number of anilines is 1. The summed E-state index contributed by atoms with van der Waals surface area (Å²) >= 11 is 6.69. The van der Waals surface area contributed by atoms with Gasteiger partial charge in [0.15, 0.2) is 0 Å². The number of aryl methyl sites for hydroxylation is 1. The summed E-state index contributed by atoms with van der Waals surface area (Å²) in [5, 5.41) is 2.81. The lowest BCUT2D eigenvalue weighted by molar-refractivity contribution is 0.598. The minimum Gasteiger partial charge on any atom is -0.319 e. The highest BCUT2D eigenvalue weighted by atomic mass is 79.9. The summed E-state index contributed by atoms with van der Waals surface area (Å²) in [4.78, 5) is 0. The van der Waals surface area contributed by atoms with Gasteiger partial charge in [-0.1, -0.05) is 0 Å². The lowest BCUT2D eigenvalue weighted by atomic mass is 10.2. The molecule has 7 heteroatoms. The van der Waals surface area contributed by atoms with E-state index >= 15 is 0 Å². The molecule has 0 amide bonds. The molecular weight excluding hydrogens is 372 g/mol. The molecule has 0 fully saturated rings. The third-order valence-corrected chi connectivity index (χ3v) is 4.57. The lowest BCUT2D eigenvalue weighted by Gasteiger charge is -2.12. The number of hydrogen-bond donors (Lipinski definition) is 2. The minimum atomic E-state index is -3.33. The van der Waals surface area contributed by atoms with E-state index in [1.54, 1.807) is 7.05 Å². The molecule has 96 valence electrons. The van der Waals surface area contributed by atoms with Crippen molar-refractivity contribution in [2.45, 2.75) is 6.92 Å². The van der Waals surface area contributed by atoms with Crippen LogP contribution in [-0.2, 0) is 10.0 Å². The molecule has 0 aliphatic carbocycles. The summed E-state index contributed by atoms with van der Waals surface area (Å²) in [5.41, 5.74) is 1.58. The van der Waals surface area contributed by atoms with Crippen molar-refractivity contribution in [3.05, 3.63) is 26.6 Å². The Kier molecular flexibility index (Phi) is 5.43. The zero-order valence-corrected chi connectivity index (χ0v) is 13.5. The van der Waals surface area contributed by atoms with Gasteiger partial charge >= 0.3 is 0 Å². The number of rotatable bonds is 5. The van der Waals surface area contributed by atoms with E-state index in [0.717, 1.165) is 14.5 Å². The summed E-state index contributed by atoms with van der Waals surface area (Å²) in [6.45, 7) is 2.35. The van der Waals surface area contributed by atoms with E-state index in [1.807, 2.05) is 19.1 Å². The second-order valence-corrected chi connectivity index (χ2v) is 7.18. The van der Waals surface area contributed by atoms with E-state index in [-0.39, 0.29) is 5.75 Å². The molecule has 0 saturated carbocycles. The van der Waals surface area contributed by atoms with Gasteiger partial charge in [-0.05, 0) is 63.5 Å². The largest absolute Gasteiger partial charge is 0.319 e. The topological polar surface area (TPSA) is 58.2 Å². The number of benzene rings is 1. The first-order chi connectivity index (χ1) is 7.85. The van der Waals surface area contributed by atoms with E-state index in [0.29, 0.717) is 12.2 Å². The zero-order chi connectivity index (χ0) is 13.1. The molecular formula is C10H14Br2N2O2S. The number of halogens is 2. The van der Waals surface area contributed by atoms with Crippen LogP contribution in [0.3, 0.4) is 0 Å². The average Bonchev–Trinajstić information content (AvgIpc) is 2.21. The molecule has 0 heterocycles. The molecule has 17 heavy (non-hydrogen) atoms. The van der Waals surface area contributed by atoms with E-state index in [2.05, 4.69) is 41.9 Å². The van der Waals surface area contributed by atoms with Crippen LogP contribution in [0.25, 0.3) is 0 Å². The third-order valence-electron chi connectivity index (χ3n) is 2.06. The molecule has 0 aromatic heterocycles. The van der Waals surface area contributed by atoms with E-state index in [4.69, 9.17) is 0 Å². The van der Waals surface area contributed by atoms with Crippen LogP contribution in [0.1, 0.15) is 5.56 Å². The predicted octanol–water partition coefficient (Wildman–Crippen LogP) is 2.48. The maximum absolute atomic E-state index is 11.8. The minimum absolute atomic E-state index is 0.0380. The van der Waals surface area contributed by atoms with Crippen LogP contribution in [0.5, 0.6) is 0 Å². The van der Waals surface area contributed by atoms with Gasteiger partial charge in [0.2, 0.25) is 10.0 Å². The fraction of sp³-hybridized carbons (Fsp3) is 0.400. The summed E-state index contributed by atoms with van der Waals surface area (Å²) in [5.74, 6) is 0.0380. The molecule has 0 aliphatic heterocycles. The van der Waals surface area contributed by atoms with Gasteiger partial charge < -0.3 is 5.32 Å². The predicted molar refractivity (Wildman–Crippen MR) is 77.9 cm³/mol. The highest BCUT2D eigenvalue weighted by Crippen LogP contribution is 2.32. The normalized spacial score (nSPS) is 11.5. The Morgan fingerprint density at radius 1 is 1.24 bits per heavy atom. The molecule has 1 aromatic carbocycles. The molecule has 0 aliphatic rings. The van der Waals surface area contributed by atoms with Crippen molar-refractivity contribution in [3.8, 4) is 0 Å². The Morgan fingerprint density at radius 2 is 1.76 bits per heavy atom. The second-order valence-electron chi connectivity index (χ2n) is 3.63. The van der Waals surface area contributed by atoms with Crippen molar-refractivity contribution >= 4 is 47.6 Å². The lowest BCUT2D eigenvalue weighted by Crippen LogP contribution is -2.24. The van der Waals surface area contributed by atoms with Crippen LogP contribution in [-0.4, -0.2) is 27.8 Å². The average molecular weight is 386 g/mol. The Labute approximate surface area is 118 Å². The van der Waals surface area contributed by atoms with E-state index < -0.39 is 10.0 Å². The van der Waals surface area contributed by atoms with Crippen LogP contribution in [0, 0.1) is 6.92 Å². The Bertz CT molecular complexity index is 480. The number of nitrogens with one attached hydrogen (secondary N) is 2. The Balaban J connectivity index is 2.96. The monoisotopic (exact) mass is 384 g/mol. The van der Waals surface area contributed by atoms with Crippen LogP contribution >= 0.6 is 31.9 Å². The van der Waals surface area contributed by atoms with E-state index in [1.165, 1.54) is 0 Å². The van der Waals surface area contributed by atoms with Crippen molar-refractivity contribution in [2.24, 2.45) is 0 Å². The Morgan fingerprint density at radius 3 is 2.24 bits per heavy atom. The quantitative estimate of drug-likeness (QED) is 0.818. The van der Waals surface area contributed by atoms with Gasteiger partial charge in [-0.25, -0.2) is 8.42 Å². The molecule has 0 bridgehead atoms. The van der Waals surface area contributed by atoms with Crippen LogP contribution in [0.2, 0.25) is 0 Å². The summed E-state index contributed by atoms with van der Waals surface area (Å²) in [6, 6.07) is 3.72. The molecule has 1 rings (SSSR count). The maximum Gasteiger partial charge on any atom is 0.234 e. The van der Waals surface area contributed by atoms with Crippen molar-refractivity contribution < 1.29 is 8.42 Å². The highest BCUT2D eigenvalue weighted by molar-refractivity contribution is 9.11. The summed E-state index contributed by atoms with van der Waals surface area (Å²) < 4.78 is 27.5.